The molecule has 2 heterocycles. The van der Waals surface area contributed by atoms with Crippen LogP contribution < -0.4 is 20.9 Å². The van der Waals surface area contributed by atoms with Crippen molar-refractivity contribution >= 4 is 37.5 Å². The molecular formula is C22H25N3O9S2. The Labute approximate surface area is 208 Å². The molecule has 0 aliphatic carbocycles. The first-order chi connectivity index (χ1) is 16.8. The van der Waals surface area contributed by atoms with E-state index in [2.05, 4.69) is 9.73 Å². The minimum absolute atomic E-state index is 0.00140. The second-order valence-corrected chi connectivity index (χ2v) is 12.1. The molecule has 14 heteroatoms. The highest BCUT2D eigenvalue weighted by atomic mass is 32.2. The van der Waals surface area contributed by atoms with Gasteiger partial charge in [-0.15, -0.1) is 0 Å². The number of rotatable bonds is 2. The molecule has 0 aromatic heterocycles. The van der Waals surface area contributed by atoms with Crippen LogP contribution in [0.2, 0.25) is 0 Å². The molecular weight excluding hydrogens is 514 g/mol. The quantitative estimate of drug-likeness (QED) is 0.307. The summed E-state index contributed by atoms with van der Waals surface area (Å²) >= 11 is 0. The van der Waals surface area contributed by atoms with Crippen molar-refractivity contribution in [1.82, 2.24) is 0 Å². The number of sulfone groups is 2. The van der Waals surface area contributed by atoms with Gasteiger partial charge in [-0.1, -0.05) is 0 Å². The van der Waals surface area contributed by atoms with Crippen LogP contribution in [0.5, 0.6) is 11.5 Å². The zero-order valence-electron chi connectivity index (χ0n) is 19.7. The Morgan fingerprint density at radius 2 is 1.28 bits per heavy atom. The van der Waals surface area contributed by atoms with Crippen LogP contribution in [-0.2, 0) is 24.4 Å². The van der Waals surface area contributed by atoms with Crippen molar-refractivity contribution < 1.29 is 40.6 Å². The molecule has 2 aliphatic heterocycles. The van der Waals surface area contributed by atoms with Gasteiger partial charge in [0.05, 0.1) is 24.2 Å². The summed E-state index contributed by atoms with van der Waals surface area (Å²) in [5.74, 6) is -1.22. The average molecular weight is 540 g/mol. The Morgan fingerprint density at radius 1 is 0.833 bits per heavy atom. The number of carbonyl (C=O) groups excluding carboxylic acids is 2. The van der Waals surface area contributed by atoms with E-state index in [0.717, 1.165) is 0 Å². The molecule has 36 heavy (non-hydrogen) atoms. The van der Waals surface area contributed by atoms with Crippen molar-refractivity contribution in [3.63, 3.8) is 0 Å². The highest BCUT2D eigenvalue weighted by Crippen LogP contribution is 2.33. The molecule has 12 nitrogen and oxygen atoms in total. The van der Waals surface area contributed by atoms with E-state index in [4.69, 9.17) is 20.9 Å². The number of amides is 1. The fourth-order valence-corrected chi connectivity index (χ4v) is 6.00. The molecule has 0 fully saturated rings. The molecule has 2 aromatic rings. The number of carbonyl (C=O) groups is 2. The van der Waals surface area contributed by atoms with Crippen molar-refractivity contribution in [1.29, 1.82) is 0 Å². The largest absolute Gasteiger partial charge is 0.491 e. The molecule has 1 amide bonds. The Morgan fingerprint density at radius 3 is 1.72 bits per heavy atom. The molecule has 194 valence electrons. The van der Waals surface area contributed by atoms with Gasteiger partial charge in [0, 0.05) is 5.56 Å². The lowest BCUT2D eigenvalue weighted by Crippen LogP contribution is -2.25. The van der Waals surface area contributed by atoms with E-state index >= 15 is 0 Å². The highest BCUT2D eigenvalue weighted by Gasteiger charge is 2.28. The summed E-state index contributed by atoms with van der Waals surface area (Å²) in [7, 11) is -5.53. The summed E-state index contributed by atoms with van der Waals surface area (Å²) in [6.07, 6.45) is 0. The van der Waals surface area contributed by atoms with Crippen LogP contribution >= 0.6 is 0 Å². The van der Waals surface area contributed by atoms with E-state index in [-0.39, 0.29) is 57.3 Å². The minimum atomic E-state index is -3.43. The molecule has 0 bridgehead atoms. The molecule has 0 atom stereocenters. The van der Waals surface area contributed by atoms with Crippen LogP contribution in [0.4, 0.5) is 0 Å². The summed E-state index contributed by atoms with van der Waals surface area (Å²) in [4.78, 5) is 26.7. The molecule has 4 rings (SSSR count). The third-order valence-electron chi connectivity index (χ3n) is 5.34. The number of hydrogen-bond acceptors (Lipinski definition) is 9. The Bertz CT molecular complexity index is 1480. The number of aliphatic imine (C=N–C) groups is 1. The number of nitrogens with two attached hydrogens (primary N) is 2. The number of benzene rings is 2. The number of nitrogens with zero attached hydrogens (tertiary/aromatic N) is 1. The van der Waals surface area contributed by atoms with Gasteiger partial charge in [-0.3, -0.25) is 4.79 Å². The van der Waals surface area contributed by atoms with E-state index in [1.807, 2.05) is 0 Å². The fraction of sp³-hybridized carbons (Fsp3) is 0.318. The van der Waals surface area contributed by atoms with Crippen LogP contribution in [0.1, 0.15) is 31.8 Å². The van der Waals surface area contributed by atoms with E-state index in [1.165, 1.54) is 25.3 Å². The van der Waals surface area contributed by atoms with Crippen molar-refractivity contribution in [3.8, 4) is 11.5 Å². The van der Waals surface area contributed by atoms with Crippen LogP contribution in [0.15, 0.2) is 39.0 Å². The van der Waals surface area contributed by atoms with E-state index in [0.29, 0.717) is 16.9 Å². The van der Waals surface area contributed by atoms with Crippen molar-refractivity contribution in [2.75, 3.05) is 31.8 Å². The van der Waals surface area contributed by atoms with E-state index in [1.54, 1.807) is 19.9 Å². The smallest absolute Gasteiger partial charge is 0.338 e. The van der Waals surface area contributed by atoms with Crippen LogP contribution in [0, 0.1) is 13.8 Å². The maximum absolute atomic E-state index is 11.9. The lowest BCUT2D eigenvalue weighted by atomic mass is 10.1. The first-order valence-corrected chi connectivity index (χ1v) is 13.8. The van der Waals surface area contributed by atoms with Crippen LogP contribution in [0.25, 0.3) is 0 Å². The molecule has 2 aliphatic rings. The van der Waals surface area contributed by atoms with Crippen molar-refractivity contribution in [2.45, 2.75) is 23.6 Å². The van der Waals surface area contributed by atoms with Crippen molar-refractivity contribution in [3.05, 3.63) is 46.5 Å². The number of ether oxygens (including phenoxy) is 3. The fourth-order valence-electron chi connectivity index (χ4n) is 3.52. The molecule has 0 saturated carbocycles. The van der Waals surface area contributed by atoms with Gasteiger partial charge in [-0.05, 0) is 49.2 Å². The average Bonchev–Trinajstić information content (AvgIpc) is 2.77. The zero-order valence-corrected chi connectivity index (χ0v) is 21.4. The summed E-state index contributed by atoms with van der Waals surface area (Å²) in [6, 6.07) is 5.64. The van der Waals surface area contributed by atoms with Gasteiger partial charge in [0.2, 0.25) is 0 Å². The number of guanidine groups is 1. The second kappa shape index (κ2) is 10.1. The second-order valence-electron chi connectivity index (χ2n) is 7.90. The SMILES string of the molecule is COC(=O)c1cc2c(cc1C)OCCS2(=O)=O.Cc1cc2c(cc1C(=O)N=C(N)N)S(=O)(=O)CCO2. The Balaban J connectivity index is 0.000000202. The van der Waals surface area contributed by atoms with Gasteiger partial charge >= 0.3 is 5.97 Å². The lowest BCUT2D eigenvalue weighted by Gasteiger charge is -2.19. The third-order valence-corrected chi connectivity index (χ3v) is 8.72. The molecule has 0 saturated heterocycles. The summed E-state index contributed by atoms with van der Waals surface area (Å²) in [5, 5.41) is 0. The first-order valence-electron chi connectivity index (χ1n) is 10.5. The molecule has 0 spiro atoms. The van der Waals surface area contributed by atoms with Gasteiger partial charge in [-0.2, -0.15) is 4.99 Å². The summed E-state index contributed by atoms with van der Waals surface area (Å²) < 4.78 is 62.6. The predicted molar refractivity (Wildman–Crippen MR) is 129 cm³/mol. The summed E-state index contributed by atoms with van der Waals surface area (Å²) in [6.45, 7) is 3.61. The van der Waals surface area contributed by atoms with E-state index < -0.39 is 31.6 Å². The lowest BCUT2D eigenvalue weighted by molar-refractivity contribution is 0.0599. The highest BCUT2D eigenvalue weighted by molar-refractivity contribution is 7.91. The van der Waals surface area contributed by atoms with Crippen LogP contribution in [-0.4, -0.2) is 66.5 Å². The van der Waals surface area contributed by atoms with Crippen molar-refractivity contribution in [2.24, 2.45) is 16.5 Å². The molecule has 0 radical (unpaired) electrons. The number of methoxy groups -OCH3 is 1. The number of hydrogen-bond donors (Lipinski definition) is 2. The maximum atomic E-state index is 11.9. The zero-order chi connectivity index (χ0) is 26.8. The predicted octanol–water partition coefficient (Wildman–Crippen LogP) is 0.522. The molecule has 4 N–H and O–H groups in total. The van der Waals surface area contributed by atoms with Gasteiger partial charge in [0.25, 0.3) is 5.91 Å². The van der Waals surface area contributed by atoms with Gasteiger partial charge in [-0.25, -0.2) is 21.6 Å². The normalized spacial score (nSPS) is 16.4. The van der Waals surface area contributed by atoms with Crippen LogP contribution in [0.3, 0.4) is 0 Å². The Hall–Kier alpha value is -3.65. The summed E-state index contributed by atoms with van der Waals surface area (Å²) in [5.41, 5.74) is 11.8. The monoisotopic (exact) mass is 539 g/mol. The van der Waals surface area contributed by atoms with E-state index in [9.17, 15) is 26.4 Å². The first kappa shape index (κ1) is 26.9. The maximum Gasteiger partial charge on any atom is 0.338 e. The number of aryl methyl sites for hydroxylation is 2. The molecule has 2 aromatic carbocycles. The standard InChI is InChI=1S/C11H13N3O4S.C11H12O5S/c1-6-4-8-9(19(16,17)3-2-18-8)5-7(6)10(15)14-11(12)13;1-7-5-9-10(6-8(7)11(12)15-2)17(13,14)4-3-16-9/h4-5H,2-3H2,1H3,(H4,12,13,14,15);5-6H,3-4H2,1-2H3. The third kappa shape index (κ3) is 5.60. The number of fused-ring (bicyclic) bond motifs is 2. The molecule has 0 unspecified atom stereocenters. The van der Waals surface area contributed by atoms with Gasteiger partial charge < -0.3 is 25.7 Å². The van der Waals surface area contributed by atoms with Gasteiger partial charge in [0.15, 0.2) is 25.6 Å². The number of esters is 1. The topological polar surface area (TPSA) is 195 Å². The Kier molecular flexibility index (Phi) is 7.59. The minimum Gasteiger partial charge on any atom is -0.491 e. The van der Waals surface area contributed by atoms with Gasteiger partial charge in [0.1, 0.15) is 34.5 Å².